The topological polar surface area (TPSA) is 67.6 Å². The van der Waals surface area contributed by atoms with Gasteiger partial charge in [-0.3, -0.25) is 9.69 Å². The fourth-order valence-corrected chi connectivity index (χ4v) is 2.67. The first-order chi connectivity index (χ1) is 11.1. The van der Waals surface area contributed by atoms with Gasteiger partial charge in [-0.15, -0.1) is 0 Å². The summed E-state index contributed by atoms with van der Waals surface area (Å²) in [4.78, 5) is 14.4. The number of hydrogen-bond acceptors (Lipinski definition) is 4. The van der Waals surface area contributed by atoms with E-state index in [1.165, 1.54) is 5.56 Å². The summed E-state index contributed by atoms with van der Waals surface area (Å²) < 4.78 is 5.38. The summed E-state index contributed by atoms with van der Waals surface area (Å²) in [6.07, 6.45) is 0.906. The summed E-state index contributed by atoms with van der Waals surface area (Å²) in [5, 5.41) is 2.95. The number of ether oxygens (including phenoxy) is 1. The lowest BCUT2D eigenvalue weighted by Crippen LogP contribution is -2.44. The first-order valence-corrected chi connectivity index (χ1v) is 8.51. The van der Waals surface area contributed by atoms with Crippen LogP contribution in [0.2, 0.25) is 0 Å². The van der Waals surface area contributed by atoms with Crippen molar-refractivity contribution in [2.75, 3.05) is 26.3 Å². The number of carbonyl (C=O) groups excluding carboxylic acids is 1. The SMILES string of the molecule is CCC(C)C(N)C(=O)NCc1cccc(CN2CCOCC2)c1. The monoisotopic (exact) mass is 319 g/mol. The van der Waals surface area contributed by atoms with E-state index in [0.29, 0.717) is 6.54 Å². The van der Waals surface area contributed by atoms with Crippen molar-refractivity contribution < 1.29 is 9.53 Å². The largest absolute Gasteiger partial charge is 0.379 e. The van der Waals surface area contributed by atoms with Crippen LogP contribution in [0.15, 0.2) is 24.3 Å². The van der Waals surface area contributed by atoms with Gasteiger partial charge in [-0.25, -0.2) is 0 Å². The predicted octanol–water partition coefficient (Wildman–Crippen LogP) is 1.51. The Hall–Kier alpha value is -1.43. The zero-order chi connectivity index (χ0) is 16.7. The molecule has 1 aromatic rings. The second kappa shape index (κ2) is 9.01. The van der Waals surface area contributed by atoms with Crippen molar-refractivity contribution in [2.45, 2.75) is 39.4 Å². The maximum Gasteiger partial charge on any atom is 0.237 e. The zero-order valence-electron chi connectivity index (χ0n) is 14.3. The molecule has 5 heteroatoms. The second-order valence-electron chi connectivity index (χ2n) is 6.34. The molecule has 1 heterocycles. The minimum absolute atomic E-state index is 0.0714. The Labute approximate surface area is 139 Å². The average molecular weight is 319 g/mol. The van der Waals surface area contributed by atoms with Gasteiger partial charge in [-0.2, -0.15) is 0 Å². The van der Waals surface area contributed by atoms with Crippen molar-refractivity contribution in [3.63, 3.8) is 0 Å². The summed E-state index contributed by atoms with van der Waals surface area (Å²) in [5.74, 6) is 0.126. The van der Waals surface area contributed by atoms with Crippen LogP contribution < -0.4 is 11.1 Å². The van der Waals surface area contributed by atoms with Gasteiger partial charge in [0.05, 0.1) is 19.3 Å². The van der Waals surface area contributed by atoms with E-state index in [1.807, 2.05) is 26.0 Å². The molecule has 3 N–H and O–H groups in total. The molecule has 1 aliphatic heterocycles. The highest BCUT2D eigenvalue weighted by atomic mass is 16.5. The van der Waals surface area contributed by atoms with E-state index in [0.717, 1.165) is 44.8 Å². The quantitative estimate of drug-likeness (QED) is 0.799. The zero-order valence-corrected chi connectivity index (χ0v) is 14.3. The van der Waals surface area contributed by atoms with E-state index in [9.17, 15) is 4.79 Å². The number of amides is 1. The normalized spacial score (nSPS) is 18.4. The van der Waals surface area contributed by atoms with Crippen LogP contribution in [0.1, 0.15) is 31.4 Å². The molecule has 0 bridgehead atoms. The molecule has 0 spiro atoms. The molecule has 0 radical (unpaired) electrons. The van der Waals surface area contributed by atoms with Gasteiger partial charge < -0.3 is 15.8 Å². The van der Waals surface area contributed by atoms with Crippen LogP contribution in [0.25, 0.3) is 0 Å². The van der Waals surface area contributed by atoms with Crippen molar-refractivity contribution in [1.29, 1.82) is 0 Å². The van der Waals surface area contributed by atoms with Crippen LogP contribution in [0, 0.1) is 5.92 Å². The van der Waals surface area contributed by atoms with Crippen LogP contribution >= 0.6 is 0 Å². The standard InChI is InChI=1S/C18H29N3O2/c1-3-14(2)17(19)18(22)20-12-15-5-4-6-16(11-15)13-21-7-9-23-10-8-21/h4-6,11,14,17H,3,7-10,12-13,19H2,1-2H3,(H,20,22). The van der Waals surface area contributed by atoms with Gasteiger partial charge in [0.2, 0.25) is 5.91 Å². The van der Waals surface area contributed by atoms with E-state index in [4.69, 9.17) is 10.5 Å². The van der Waals surface area contributed by atoms with Gasteiger partial charge in [0.25, 0.3) is 0 Å². The van der Waals surface area contributed by atoms with E-state index in [1.54, 1.807) is 0 Å². The summed E-state index contributed by atoms with van der Waals surface area (Å²) in [7, 11) is 0. The van der Waals surface area contributed by atoms with Gasteiger partial charge in [0, 0.05) is 26.2 Å². The molecule has 1 aromatic carbocycles. The number of nitrogens with two attached hydrogens (primary N) is 1. The molecule has 128 valence electrons. The summed E-state index contributed by atoms with van der Waals surface area (Å²) in [6, 6.07) is 7.94. The van der Waals surface area contributed by atoms with Gasteiger partial charge in [0.1, 0.15) is 0 Å². The summed E-state index contributed by atoms with van der Waals surface area (Å²) >= 11 is 0. The maximum absolute atomic E-state index is 12.1. The van der Waals surface area contributed by atoms with Gasteiger partial charge in [-0.05, 0) is 17.0 Å². The Morgan fingerprint density at radius 1 is 1.35 bits per heavy atom. The van der Waals surface area contributed by atoms with Crippen LogP contribution in [0.5, 0.6) is 0 Å². The highest BCUT2D eigenvalue weighted by Crippen LogP contribution is 2.10. The number of nitrogens with one attached hydrogen (secondary N) is 1. The molecule has 2 unspecified atom stereocenters. The third kappa shape index (κ3) is 5.61. The molecular weight excluding hydrogens is 290 g/mol. The highest BCUT2D eigenvalue weighted by molar-refractivity contribution is 5.81. The molecule has 5 nitrogen and oxygen atoms in total. The first-order valence-electron chi connectivity index (χ1n) is 8.51. The molecule has 0 aliphatic carbocycles. The Morgan fingerprint density at radius 3 is 2.74 bits per heavy atom. The highest BCUT2D eigenvalue weighted by Gasteiger charge is 2.18. The van der Waals surface area contributed by atoms with Gasteiger partial charge in [0.15, 0.2) is 0 Å². The minimum Gasteiger partial charge on any atom is -0.379 e. The molecule has 1 aliphatic rings. The molecule has 2 rings (SSSR count). The molecule has 0 aromatic heterocycles. The number of nitrogens with zero attached hydrogens (tertiary/aromatic N) is 1. The summed E-state index contributed by atoms with van der Waals surface area (Å²) in [6.45, 7) is 9.08. The molecule has 1 saturated heterocycles. The number of hydrogen-bond donors (Lipinski definition) is 2. The number of carbonyl (C=O) groups is 1. The number of benzene rings is 1. The Kier molecular flexibility index (Phi) is 7.02. The summed E-state index contributed by atoms with van der Waals surface area (Å²) in [5.41, 5.74) is 8.34. The number of rotatable bonds is 7. The first kappa shape index (κ1) is 17.9. The van der Waals surface area contributed by atoms with Crippen LogP contribution in [-0.4, -0.2) is 43.2 Å². The van der Waals surface area contributed by atoms with Gasteiger partial charge >= 0.3 is 0 Å². The fourth-order valence-electron chi connectivity index (χ4n) is 2.67. The fraction of sp³-hybridized carbons (Fsp3) is 0.611. The lowest BCUT2D eigenvalue weighted by Gasteiger charge is -2.26. The third-order valence-electron chi connectivity index (χ3n) is 4.53. The van der Waals surface area contributed by atoms with Crippen molar-refractivity contribution in [1.82, 2.24) is 10.2 Å². The third-order valence-corrected chi connectivity index (χ3v) is 4.53. The van der Waals surface area contributed by atoms with Crippen LogP contribution in [0.3, 0.4) is 0 Å². The van der Waals surface area contributed by atoms with Crippen molar-refractivity contribution >= 4 is 5.91 Å². The minimum atomic E-state index is -0.434. The molecule has 2 atom stereocenters. The van der Waals surface area contributed by atoms with Gasteiger partial charge in [-0.1, -0.05) is 44.5 Å². The smallest absolute Gasteiger partial charge is 0.237 e. The second-order valence-corrected chi connectivity index (χ2v) is 6.34. The molecular formula is C18H29N3O2. The van der Waals surface area contributed by atoms with Crippen LogP contribution in [0.4, 0.5) is 0 Å². The van der Waals surface area contributed by atoms with E-state index < -0.39 is 6.04 Å². The van der Waals surface area contributed by atoms with E-state index >= 15 is 0 Å². The van der Waals surface area contributed by atoms with E-state index in [2.05, 4.69) is 22.3 Å². The molecule has 1 fully saturated rings. The lowest BCUT2D eigenvalue weighted by atomic mass is 9.99. The average Bonchev–Trinajstić information content (AvgIpc) is 2.59. The van der Waals surface area contributed by atoms with Crippen LogP contribution in [-0.2, 0) is 22.6 Å². The maximum atomic E-state index is 12.1. The Morgan fingerprint density at radius 2 is 2.04 bits per heavy atom. The molecule has 0 saturated carbocycles. The van der Waals surface area contributed by atoms with Crippen molar-refractivity contribution in [3.8, 4) is 0 Å². The van der Waals surface area contributed by atoms with Crippen molar-refractivity contribution in [2.24, 2.45) is 11.7 Å². The Balaban J connectivity index is 1.85. The Bertz CT molecular complexity index is 501. The van der Waals surface area contributed by atoms with Crippen molar-refractivity contribution in [3.05, 3.63) is 35.4 Å². The van der Waals surface area contributed by atoms with E-state index in [-0.39, 0.29) is 11.8 Å². The molecule has 23 heavy (non-hydrogen) atoms. The lowest BCUT2D eigenvalue weighted by molar-refractivity contribution is -0.123. The number of morpholine rings is 1. The predicted molar refractivity (Wildman–Crippen MR) is 91.8 cm³/mol. The molecule has 1 amide bonds.